The Hall–Kier alpha value is -1.62. The van der Waals surface area contributed by atoms with Crippen molar-refractivity contribution in [3.8, 4) is 5.75 Å². The van der Waals surface area contributed by atoms with Gasteiger partial charge in [0.2, 0.25) is 0 Å². The Labute approximate surface area is 131 Å². The molecule has 1 aliphatic carbocycles. The molecule has 0 aromatic heterocycles. The summed E-state index contributed by atoms with van der Waals surface area (Å²) in [4.78, 5) is 12.7. The molecule has 0 N–H and O–H groups in total. The number of ether oxygens (including phenoxy) is 1. The van der Waals surface area contributed by atoms with Gasteiger partial charge in [0.1, 0.15) is 5.75 Å². The first-order valence-corrected chi connectivity index (χ1v) is 8.30. The first-order valence-electron chi connectivity index (χ1n) is 8.30. The van der Waals surface area contributed by atoms with E-state index in [1.54, 1.807) is 12.1 Å². The summed E-state index contributed by atoms with van der Waals surface area (Å²) < 4.78 is 5.73. The van der Waals surface area contributed by atoms with Crippen LogP contribution >= 0.6 is 0 Å². The number of nitro groups is 1. The maximum Gasteiger partial charge on any atom is 0.269 e. The van der Waals surface area contributed by atoms with E-state index >= 15 is 0 Å². The number of likely N-dealkylation sites (tertiary alicyclic amines) is 1. The molecule has 22 heavy (non-hydrogen) atoms. The molecule has 0 spiro atoms. The molecule has 120 valence electrons. The number of hydrogen-bond donors (Lipinski definition) is 0. The molecule has 1 aromatic carbocycles. The fourth-order valence-electron chi connectivity index (χ4n) is 3.54. The van der Waals surface area contributed by atoms with Crippen molar-refractivity contribution in [3.05, 3.63) is 34.4 Å². The standard InChI is InChI=1S/C17H24N2O3/c20-19(21)16-6-8-17(9-7-16)22-13-15-11-18(12-15)10-14-4-2-1-3-5-14/h6-9,14-15H,1-5,10-13H2. The van der Waals surface area contributed by atoms with Crippen molar-refractivity contribution in [2.75, 3.05) is 26.2 Å². The summed E-state index contributed by atoms with van der Waals surface area (Å²) in [6, 6.07) is 6.34. The van der Waals surface area contributed by atoms with E-state index in [2.05, 4.69) is 4.90 Å². The van der Waals surface area contributed by atoms with Crippen LogP contribution in [0.15, 0.2) is 24.3 Å². The summed E-state index contributed by atoms with van der Waals surface area (Å²) >= 11 is 0. The van der Waals surface area contributed by atoms with Gasteiger partial charge in [-0.2, -0.15) is 0 Å². The summed E-state index contributed by atoms with van der Waals surface area (Å²) in [5.74, 6) is 2.22. The number of non-ortho nitro benzene ring substituents is 1. The highest BCUT2D eigenvalue weighted by atomic mass is 16.6. The zero-order valence-corrected chi connectivity index (χ0v) is 12.9. The van der Waals surface area contributed by atoms with Crippen LogP contribution in [0.4, 0.5) is 5.69 Å². The van der Waals surface area contributed by atoms with Gasteiger partial charge in [0.05, 0.1) is 11.5 Å². The molecule has 1 saturated heterocycles. The molecular weight excluding hydrogens is 280 g/mol. The molecule has 0 unspecified atom stereocenters. The molecule has 0 atom stereocenters. The minimum absolute atomic E-state index is 0.106. The fourth-order valence-corrected chi connectivity index (χ4v) is 3.54. The van der Waals surface area contributed by atoms with Crippen LogP contribution in [0.2, 0.25) is 0 Å². The van der Waals surface area contributed by atoms with Gasteiger partial charge in [-0.25, -0.2) is 0 Å². The Balaban J connectivity index is 1.34. The van der Waals surface area contributed by atoms with Crippen LogP contribution in [0.1, 0.15) is 32.1 Å². The smallest absolute Gasteiger partial charge is 0.269 e. The number of nitro benzene ring substituents is 1. The van der Waals surface area contributed by atoms with Gasteiger partial charge in [0, 0.05) is 37.7 Å². The predicted molar refractivity (Wildman–Crippen MR) is 85.1 cm³/mol. The van der Waals surface area contributed by atoms with Gasteiger partial charge in [-0.3, -0.25) is 10.1 Å². The van der Waals surface area contributed by atoms with Crippen LogP contribution in [0.3, 0.4) is 0 Å². The van der Waals surface area contributed by atoms with Crippen molar-refractivity contribution in [1.29, 1.82) is 0 Å². The second-order valence-corrected chi connectivity index (χ2v) is 6.65. The second kappa shape index (κ2) is 7.09. The van der Waals surface area contributed by atoms with Crippen LogP contribution in [0.25, 0.3) is 0 Å². The number of hydrogen-bond acceptors (Lipinski definition) is 4. The Morgan fingerprint density at radius 3 is 2.41 bits per heavy atom. The molecule has 1 heterocycles. The predicted octanol–water partition coefficient (Wildman–Crippen LogP) is 3.49. The van der Waals surface area contributed by atoms with Gasteiger partial charge in [0.15, 0.2) is 0 Å². The van der Waals surface area contributed by atoms with Crippen LogP contribution in [0, 0.1) is 22.0 Å². The van der Waals surface area contributed by atoms with Gasteiger partial charge in [-0.1, -0.05) is 19.3 Å². The fraction of sp³-hybridized carbons (Fsp3) is 0.647. The maximum absolute atomic E-state index is 10.6. The first-order chi connectivity index (χ1) is 10.7. The zero-order chi connectivity index (χ0) is 15.4. The molecule has 1 aromatic rings. The zero-order valence-electron chi connectivity index (χ0n) is 12.9. The SMILES string of the molecule is O=[N+]([O-])c1ccc(OCC2CN(CC3CCCCC3)C2)cc1. The van der Waals surface area contributed by atoms with E-state index in [4.69, 9.17) is 4.74 Å². The lowest BCUT2D eigenvalue weighted by Crippen LogP contribution is -2.50. The summed E-state index contributed by atoms with van der Waals surface area (Å²) in [6.07, 6.45) is 7.04. The topological polar surface area (TPSA) is 55.6 Å². The quantitative estimate of drug-likeness (QED) is 0.596. The maximum atomic E-state index is 10.6. The van der Waals surface area contributed by atoms with E-state index in [9.17, 15) is 10.1 Å². The van der Waals surface area contributed by atoms with E-state index in [0.717, 1.165) is 24.8 Å². The molecule has 0 radical (unpaired) electrons. The third-order valence-electron chi connectivity index (χ3n) is 4.81. The van der Waals surface area contributed by atoms with Crippen molar-refractivity contribution in [2.24, 2.45) is 11.8 Å². The van der Waals surface area contributed by atoms with Crippen molar-refractivity contribution >= 4 is 5.69 Å². The van der Waals surface area contributed by atoms with Crippen molar-refractivity contribution in [3.63, 3.8) is 0 Å². The summed E-state index contributed by atoms with van der Waals surface area (Å²) in [5.41, 5.74) is 0.106. The van der Waals surface area contributed by atoms with Crippen LogP contribution in [-0.4, -0.2) is 36.1 Å². The summed E-state index contributed by atoms with van der Waals surface area (Å²) in [5, 5.41) is 10.6. The molecule has 5 nitrogen and oxygen atoms in total. The molecule has 1 saturated carbocycles. The van der Waals surface area contributed by atoms with Crippen molar-refractivity contribution < 1.29 is 9.66 Å². The Morgan fingerprint density at radius 1 is 1.09 bits per heavy atom. The van der Waals surface area contributed by atoms with Gasteiger partial charge in [-0.05, 0) is 30.9 Å². The van der Waals surface area contributed by atoms with Crippen molar-refractivity contribution in [2.45, 2.75) is 32.1 Å². The molecular formula is C17H24N2O3. The molecule has 2 aliphatic rings. The number of rotatable bonds is 6. The highest BCUT2D eigenvalue weighted by Crippen LogP contribution is 2.27. The van der Waals surface area contributed by atoms with Gasteiger partial charge in [0.25, 0.3) is 5.69 Å². The number of nitrogens with zero attached hydrogens (tertiary/aromatic N) is 2. The Kier molecular flexibility index (Phi) is 4.93. The van der Waals surface area contributed by atoms with Gasteiger partial charge in [-0.15, -0.1) is 0 Å². The number of benzene rings is 1. The molecule has 2 fully saturated rings. The summed E-state index contributed by atoms with van der Waals surface area (Å²) in [6.45, 7) is 4.22. The molecule has 3 rings (SSSR count). The van der Waals surface area contributed by atoms with Crippen LogP contribution < -0.4 is 4.74 Å². The van der Waals surface area contributed by atoms with Crippen LogP contribution in [0.5, 0.6) is 5.75 Å². The second-order valence-electron chi connectivity index (χ2n) is 6.65. The molecule has 0 amide bonds. The highest BCUT2D eigenvalue weighted by molar-refractivity contribution is 5.35. The minimum atomic E-state index is -0.390. The normalized spacial score (nSPS) is 20.5. The lowest BCUT2D eigenvalue weighted by Gasteiger charge is -2.41. The van der Waals surface area contributed by atoms with E-state index in [0.29, 0.717) is 12.5 Å². The third-order valence-corrected chi connectivity index (χ3v) is 4.81. The third kappa shape index (κ3) is 3.97. The summed E-state index contributed by atoms with van der Waals surface area (Å²) in [7, 11) is 0. The van der Waals surface area contributed by atoms with E-state index < -0.39 is 4.92 Å². The molecule has 1 aliphatic heterocycles. The molecule has 0 bridgehead atoms. The lowest BCUT2D eigenvalue weighted by atomic mass is 9.87. The van der Waals surface area contributed by atoms with Gasteiger partial charge < -0.3 is 9.64 Å². The largest absolute Gasteiger partial charge is 0.493 e. The van der Waals surface area contributed by atoms with Crippen LogP contribution in [-0.2, 0) is 0 Å². The average molecular weight is 304 g/mol. The first kappa shape index (κ1) is 15.3. The van der Waals surface area contributed by atoms with E-state index in [1.807, 2.05) is 0 Å². The van der Waals surface area contributed by atoms with Crippen molar-refractivity contribution in [1.82, 2.24) is 4.90 Å². The Morgan fingerprint density at radius 2 is 1.77 bits per heavy atom. The van der Waals surface area contributed by atoms with E-state index in [1.165, 1.54) is 50.8 Å². The highest BCUT2D eigenvalue weighted by Gasteiger charge is 2.29. The lowest BCUT2D eigenvalue weighted by molar-refractivity contribution is -0.384. The minimum Gasteiger partial charge on any atom is -0.493 e. The average Bonchev–Trinajstić information content (AvgIpc) is 2.51. The van der Waals surface area contributed by atoms with Gasteiger partial charge >= 0.3 is 0 Å². The van der Waals surface area contributed by atoms with E-state index in [-0.39, 0.29) is 5.69 Å². The monoisotopic (exact) mass is 304 g/mol. The molecule has 5 heteroatoms. The Bertz CT molecular complexity index is 491.